The van der Waals surface area contributed by atoms with Gasteiger partial charge in [-0.1, -0.05) is 0 Å². The van der Waals surface area contributed by atoms with Gasteiger partial charge < -0.3 is 10.6 Å². The first-order valence-electron chi connectivity index (χ1n) is 6.88. The fourth-order valence-corrected chi connectivity index (χ4v) is 2.31. The van der Waals surface area contributed by atoms with Crippen molar-refractivity contribution in [3.05, 3.63) is 28.4 Å². The predicted molar refractivity (Wildman–Crippen MR) is 78.0 cm³/mol. The van der Waals surface area contributed by atoms with Crippen molar-refractivity contribution < 1.29 is 9.72 Å². The van der Waals surface area contributed by atoms with Crippen LogP contribution in [0.2, 0.25) is 0 Å². The lowest BCUT2D eigenvalue weighted by Crippen LogP contribution is -2.43. The van der Waals surface area contributed by atoms with Gasteiger partial charge in [0.1, 0.15) is 12.0 Å². The quantitative estimate of drug-likeness (QED) is 0.609. The molecular weight excluding hydrogens is 274 g/mol. The van der Waals surface area contributed by atoms with Crippen LogP contribution in [0.25, 0.3) is 0 Å². The van der Waals surface area contributed by atoms with Gasteiger partial charge in [-0.05, 0) is 18.9 Å². The Morgan fingerprint density at radius 2 is 2.19 bits per heavy atom. The summed E-state index contributed by atoms with van der Waals surface area (Å²) in [6.07, 6.45) is 3.08. The first-order chi connectivity index (χ1) is 10.1. The number of nitro groups is 1. The minimum Gasteiger partial charge on any atom is -0.367 e. The lowest BCUT2D eigenvalue weighted by atomic mass is 10.1. The highest BCUT2D eigenvalue weighted by molar-refractivity contribution is 5.77. The third-order valence-corrected chi connectivity index (χ3v) is 3.54. The Morgan fingerprint density at radius 1 is 1.48 bits per heavy atom. The monoisotopic (exact) mass is 293 g/mol. The summed E-state index contributed by atoms with van der Waals surface area (Å²) < 4.78 is 0. The summed E-state index contributed by atoms with van der Waals surface area (Å²) in [6.45, 7) is 2.12. The van der Waals surface area contributed by atoms with Gasteiger partial charge in [0.05, 0.1) is 11.5 Å². The maximum absolute atomic E-state index is 11.3. The molecule has 0 spiro atoms. The molecule has 1 aliphatic heterocycles. The number of pyridine rings is 1. The van der Waals surface area contributed by atoms with Crippen LogP contribution in [0.3, 0.4) is 0 Å². The number of carbonyl (C=O) groups excluding carboxylic acids is 1. The van der Waals surface area contributed by atoms with E-state index < -0.39 is 4.92 Å². The zero-order valence-electron chi connectivity index (χ0n) is 11.9. The highest BCUT2D eigenvalue weighted by atomic mass is 16.6. The molecule has 0 atom stereocenters. The van der Waals surface area contributed by atoms with E-state index in [0.717, 1.165) is 25.9 Å². The van der Waals surface area contributed by atoms with Gasteiger partial charge >= 0.3 is 0 Å². The number of hydrogen-bond acceptors (Lipinski definition) is 6. The molecular formula is C13H19N5O3. The number of hydrogen-bond donors (Lipinski definition) is 2. The third kappa shape index (κ3) is 4.38. The van der Waals surface area contributed by atoms with Gasteiger partial charge in [0.15, 0.2) is 0 Å². The fraction of sp³-hybridized carbons (Fsp3) is 0.538. The Hall–Kier alpha value is -2.22. The van der Waals surface area contributed by atoms with Crippen molar-refractivity contribution in [2.24, 2.45) is 0 Å². The van der Waals surface area contributed by atoms with Gasteiger partial charge in [-0.25, -0.2) is 4.98 Å². The van der Waals surface area contributed by atoms with E-state index in [-0.39, 0.29) is 17.6 Å². The molecule has 0 aliphatic carbocycles. The molecule has 1 saturated heterocycles. The minimum absolute atomic E-state index is 0.0130. The maximum Gasteiger partial charge on any atom is 0.287 e. The number of nitrogens with zero attached hydrogens (tertiary/aromatic N) is 3. The van der Waals surface area contributed by atoms with Gasteiger partial charge in [0.2, 0.25) is 5.91 Å². The van der Waals surface area contributed by atoms with E-state index in [1.165, 1.54) is 12.3 Å². The standard InChI is InChI=1S/C13H19N5O3/c1-14-13(19)9-17-6-4-10(5-7-17)16-12-3-2-11(8-15-12)18(20)21/h2-3,8,10H,4-7,9H2,1H3,(H,14,19)(H,15,16). The van der Waals surface area contributed by atoms with Crippen LogP contribution in [0.15, 0.2) is 18.3 Å². The summed E-state index contributed by atoms with van der Waals surface area (Å²) in [5.74, 6) is 0.670. The van der Waals surface area contributed by atoms with Crippen LogP contribution in [0.5, 0.6) is 0 Å². The summed E-state index contributed by atoms with van der Waals surface area (Å²) in [6, 6.07) is 3.34. The van der Waals surface area contributed by atoms with Crippen molar-refractivity contribution in [2.45, 2.75) is 18.9 Å². The van der Waals surface area contributed by atoms with Crippen LogP contribution < -0.4 is 10.6 Å². The molecule has 0 unspecified atom stereocenters. The Bertz CT molecular complexity index is 497. The van der Waals surface area contributed by atoms with Gasteiger partial charge in [0.25, 0.3) is 5.69 Å². The number of carbonyl (C=O) groups is 1. The van der Waals surface area contributed by atoms with E-state index in [9.17, 15) is 14.9 Å². The van der Waals surface area contributed by atoms with Crippen LogP contribution in [0, 0.1) is 10.1 Å². The highest BCUT2D eigenvalue weighted by Gasteiger charge is 2.20. The second-order valence-electron chi connectivity index (χ2n) is 5.03. The van der Waals surface area contributed by atoms with Gasteiger partial charge in [-0.3, -0.25) is 19.8 Å². The van der Waals surface area contributed by atoms with Gasteiger partial charge in [-0.2, -0.15) is 0 Å². The molecule has 0 aromatic carbocycles. The summed E-state index contributed by atoms with van der Waals surface area (Å²) in [5, 5.41) is 16.4. The van der Waals surface area contributed by atoms with E-state index in [0.29, 0.717) is 12.4 Å². The lowest BCUT2D eigenvalue weighted by molar-refractivity contribution is -0.385. The number of likely N-dealkylation sites (N-methyl/N-ethyl adjacent to an activating group) is 1. The molecule has 8 nitrogen and oxygen atoms in total. The number of anilines is 1. The molecule has 21 heavy (non-hydrogen) atoms. The predicted octanol–water partition coefficient (Wildman–Crippen LogP) is 0.612. The van der Waals surface area contributed by atoms with Crippen molar-refractivity contribution in [3.8, 4) is 0 Å². The third-order valence-electron chi connectivity index (χ3n) is 3.54. The van der Waals surface area contributed by atoms with Crippen LogP contribution in [-0.4, -0.2) is 53.4 Å². The normalized spacial score (nSPS) is 16.4. The second kappa shape index (κ2) is 6.98. The molecule has 1 aromatic rings. The Morgan fingerprint density at radius 3 is 2.71 bits per heavy atom. The number of aromatic nitrogens is 1. The zero-order chi connectivity index (χ0) is 15.2. The molecule has 2 heterocycles. The molecule has 0 radical (unpaired) electrons. The number of likely N-dealkylation sites (tertiary alicyclic amines) is 1. The van der Waals surface area contributed by atoms with Crippen LogP contribution in [0.4, 0.5) is 11.5 Å². The van der Waals surface area contributed by atoms with Gasteiger partial charge in [-0.15, -0.1) is 0 Å². The molecule has 1 aromatic heterocycles. The van der Waals surface area contributed by atoms with E-state index in [1.54, 1.807) is 13.1 Å². The average Bonchev–Trinajstić information content (AvgIpc) is 2.49. The van der Waals surface area contributed by atoms with E-state index in [4.69, 9.17) is 0 Å². The Balaban J connectivity index is 1.80. The van der Waals surface area contributed by atoms with Crippen molar-refractivity contribution in [1.82, 2.24) is 15.2 Å². The number of nitrogens with one attached hydrogen (secondary N) is 2. The molecule has 1 fully saturated rings. The summed E-state index contributed by atoms with van der Waals surface area (Å²) >= 11 is 0. The largest absolute Gasteiger partial charge is 0.367 e. The minimum atomic E-state index is -0.464. The number of amides is 1. The van der Waals surface area contributed by atoms with E-state index >= 15 is 0 Å². The summed E-state index contributed by atoms with van der Waals surface area (Å²) in [7, 11) is 1.64. The molecule has 2 N–H and O–H groups in total. The molecule has 1 amide bonds. The van der Waals surface area contributed by atoms with Gasteiger partial charge in [0, 0.05) is 32.2 Å². The second-order valence-corrected chi connectivity index (χ2v) is 5.03. The number of rotatable bonds is 5. The summed E-state index contributed by atoms with van der Waals surface area (Å²) in [4.78, 5) is 27.6. The first-order valence-corrected chi connectivity index (χ1v) is 6.88. The SMILES string of the molecule is CNC(=O)CN1CCC(Nc2ccc([N+](=O)[O-])cn2)CC1. The molecule has 2 rings (SSSR count). The van der Waals surface area contributed by atoms with Crippen LogP contribution in [-0.2, 0) is 4.79 Å². The fourth-order valence-electron chi connectivity index (χ4n) is 2.31. The molecule has 8 heteroatoms. The van der Waals surface area contributed by atoms with E-state index in [2.05, 4.69) is 20.5 Å². The van der Waals surface area contributed by atoms with Crippen molar-refractivity contribution in [1.29, 1.82) is 0 Å². The maximum atomic E-state index is 11.3. The molecule has 0 saturated carbocycles. The van der Waals surface area contributed by atoms with Crippen molar-refractivity contribution >= 4 is 17.4 Å². The average molecular weight is 293 g/mol. The summed E-state index contributed by atoms with van der Waals surface area (Å²) in [5.41, 5.74) is -0.0130. The van der Waals surface area contributed by atoms with Crippen molar-refractivity contribution in [3.63, 3.8) is 0 Å². The van der Waals surface area contributed by atoms with Crippen LogP contribution >= 0.6 is 0 Å². The highest BCUT2D eigenvalue weighted by Crippen LogP contribution is 2.17. The topological polar surface area (TPSA) is 100 Å². The first kappa shape index (κ1) is 15.2. The Labute approximate surface area is 122 Å². The lowest BCUT2D eigenvalue weighted by Gasteiger charge is -2.31. The molecule has 114 valence electrons. The molecule has 1 aliphatic rings. The van der Waals surface area contributed by atoms with Crippen molar-refractivity contribution in [2.75, 3.05) is 32.0 Å². The number of piperidine rings is 1. The van der Waals surface area contributed by atoms with E-state index in [1.807, 2.05) is 0 Å². The molecule has 0 bridgehead atoms. The smallest absolute Gasteiger partial charge is 0.287 e. The van der Waals surface area contributed by atoms with Crippen LogP contribution in [0.1, 0.15) is 12.8 Å². The zero-order valence-corrected chi connectivity index (χ0v) is 11.9. The Kier molecular flexibility index (Phi) is 5.04.